The fraction of sp³-hybridized carbons (Fsp3) is 0.647. The van der Waals surface area contributed by atoms with Gasteiger partial charge in [-0.15, -0.1) is 0 Å². The zero-order chi connectivity index (χ0) is 13.6. The molecule has 0 aromatic heterocycles. The van der Waals surface area contributed by atoms with Gasteiger partial charge in [0.1, 0.15) is 0 Å². The zero-order valence-electron chi connectivity index (χ0n) is 12.7. The van der Waals surface area contributed by atoms with Crippen molar-refractivity contribution in [3.8, 4) is 0 Å². The monoisotopic (exact) mass is 247 g/mol. The fourth-order valence-corrected chi connectivity index (χ4v) is 2.33. The van der Waals surface area contributed by atoms with Gasteiger partial charge in [-0.2, -0.15) is 0 Å². The van der Waals surface area contributed by atoms with E-state index in [0.29, 0.717) is 11.5 Å². The SMILES string of the molecule is CCCNC(c1cccc(CC)c1)C(C)(C)CC. The second-order valence-corrected chi connectivity index (χ2v) is 5.83. The summed E-state index contributed by atoms with van der Waals surface area (Å²) < 4.78 is 0. The molecule has 1 nitrogen and oxygen atoms in total. The van der Waals surface area contributed by atoms with Crippen LogP contribution in [0.2, 0.25) is 0 Å². The van der Waals surface area contributed by atoms with Crippen molar-refractivity contribution < 1.29 is 0 Å². The van der Waals surface area contributed by atoms with Crippen molar-refractivity contribution in [2.75, 3.05) is 6.54 Å². The van der Waals surface area contributed by atoms with Gasteiger partial charge in [0, 0.05) is 6.04 Å². The maximum absolute atomic E-state index is 3.73. The van der Waals surface area contributed by atoms with E-state index in [4.69, 9.17) is 0 Å². The van der Waals surface area contributed by atoms with Crippen LogP contribution < -0.4 is 5.32 Å². The molecule has 0 aliphatic heterocycles. The van der Waals surface area contributed by atoms with E-state index in [1.807, 2.05) is 0 Å². The van der Waals surface area contributed by atoms with Gasteiger partial charge in [0.2, 0.25) is 0 Å². The van der Waals surface area contributed by atoms with Gasteiger partial charge < -0.3 is 5.32 Å². The molecule has 0 saturated heterocycles. The summed E-state index contributed by atoms with van der Waals surface area (Å²) in [6, 6.07) is 9.50. The topological polar surface area (TPSA) is 12.0 Å². The molecule has 0 fully saturated rings. The molecule has 1 aromatic rings. The van der Waals surface area contributed by atoms with Crippen LogP contribution in [0.1, 0.15) is 64.6 Å². The molecule has 0 heterocycles. The molecule has 0 amide bonds. The number of aryl methyl sites for hydroxylation is 1. The highest BCUT2D eigenvalue weighted by Gasteiger charge is 2.28. The smallest absolute Gasteiger partial charge is 0.0371 e. The molecule has 1 atom stereocenters. The number of benzene rings is 1. The van der Waals surface area contributed by atoms with E-state index in [1.165, 1.54) is 24.0 Å². The minimum atomic E-state index is 0.293. The van der Waals surface area contributed by atoms with E-state index in [0.717, 1.165) is 13.0 Å². The minimum Gasteiger partial charge on any atom is -0.309 e. The van der Waals surface area contributed by atoms with Crippen LogP contribution in [0.5, 0.6) is 0 Å². The normalized spacial score (nSPS) is 13.6. The van der Waals surface area contributed by atoms with Gasteiger partial charge in [0.25, 0.3) is 0 Å². The highest BCUT2D eigenvalue weighted by Crippen LogP contribution is 2.36. The minimum absolute atomic E-state index is 0.293. The van der Waals surface area contributed by atoms with E-state index in [9.17, 15) is 0 Å². The molecule has 18 heavy (non-hydrogen) atoms. The lowest BCUT2D eigenvalue weighted by atomic mass is 9.78. The summed E-state index contributed by atoms with van der Waals surface area (Å²) >= 11 is 0. The zero-order valence-corrected chi connectivity index (χ0v) is 12.7. The summed E-state index contributed by atoms with van der Waals surface area (Å²) in [5.41, 5.74) is 3.17. The molecular weight excluding hydrogens is 218 g/mol. The van der Waals surface area contributed by atoms with Crippen LogP contribution in [0.15, 0.2) is 24.3 Å². The first kappa shape index (κ1) is 15.2. The Labute approximate surface area is 113 Å². The molecule has 0 spiro atoms. The average molecular weight is 247 g/mol. The Balaban J connectivity index is 3.00. The van der Waals surface area contributed by atoms with Gasteiger partial charge in [-0.3, -0.25) is 0 Å². The molecule has 0 aliphatic rings. The lowest BCUT2D eigenvalue weighted by Gasteiger charge is -2.35. The van der Waals surface area contributed by atoms with Gasteiger partial charge in [0.05, 0.1) is 0 Å². The molecular formula is C17H29N. The largest absolute Gasteiger partial charge is 0.309 e. The van der Waals surface area contributed by atoms with E-state index in [1.54, 1.807) is 0 Å². The maximum Gasteiger partial charge on any atom is 0.0371 e. The molecule has 1 rings (SSSR count). The van der Waals surface area contributed by atoms with Gasteiger partial charge in [-0.1, -0.05) is 58.9 Å². The van der Waals surface area contributed by atoms with E-state index >= 15 is 0 Å². The van der Waals surface area contributed by atoms with Crippen LogP contribution in [-0.4, -0.2) is 6.54 Å². The molecule has 0 saturated carbocycles. The second-order valence-electron chi connectivity index (χ2n) is 5.83. The van der Waals surface area contributed by atoms with E-state index in [-0.39, 0.29) is 0 Å². The molecule has 0 aliphatic carbocycles. The second kappa shape index (κ2) is 6.94. The highest BCUT2D eigenvalue weighted by atomic mass is 14.9. The van der Waals surface area contributed by atoms with Gasteiger partial charge in [-0.05, 0) is 42.3 Å². The molecule has 1 aromatic carbocycles. The third kappa shape index (κ3) is 3.84. The maximum atomic E-state index is 3.73. The standard InChI is InChI=1S/C17H29N/c1-6-12-18-16(17(4,5)8-3)15-11-9-10-14(7-2)13-15/h9-11,13,16,18H,6-8,12H2,1-5H3. The van der Waals surface area contributed by atoms with Gasteiger partial charge >= 0.3 is 0 Å². The molecule has 102 valence electrons. The molecule has 0 radical (unpaired) electrons. The Morgan fingerprint density at radius 1 is 1.17 bits per heavy atom. The van der Waals surface area contributed by atoms with E-state index < -0.39 is 0 Å². The quantitative estimate of drug-likeness (QED) is 0.734. The number of nitrogens with one attached hydrogen (secondary N) is 1. The van der Waals surface area contributed by atoms with Crippen molar-refractivity contribution in [3.05, 3.63) is 35.4 Å². The van der Waals surface area contributed by atoms with Crippen molar-refractivity contribution in [3.63, 3.8) is 0 Å². The predicted octanol–water partition coefficient (Wildman–Crippen LogP) is 4.73. The summed E-state index contributed by atoms with van der Waals surface area (Å²) in [4.78, 5) is 0. The molecule has 1 heteroatoms. The number of rotatable bonds is 7. The van der Waals surface area contributed by atoms with E-state index in [2.05, 4.69) is 64.2 Å². The van der Waals surface area contributed by atoms with Crippen molar-refractivity contribution in [2.45, 2.75) is 59.9 Å². The first-order valence-electron chi connectivity index (χ1n) is 7.37. The summed E-state index contributed by atoms with van der Waals surface area (Å²) in [5.74, 6) is 0. The third-order valence-corrected chi connectivity index (χ3v) is 3.98. The van der Waals surface area contributed by atoms with Crippen LogP contribution in [0, 0.1) is 5.41 Å². The van der Waals surface area contributed by atoms with Crippen LogP contribution in [0.4, 0.5) is 0 Å². The Bertz CT molecular complexity index is 354. The first-order valence-corrected chi connectivity index (χ1v) is 7.37. The van der Waals surface area contributed by atoms with Gasteiger partial charge in [-0.25, -0.2) is 0 Å². The fourth-order valence-electron chi connectivity index (χ4n) is 2.33. The van der Waals surface area contributed by atoms with Crippen LogP contribution >= 0.6 is 0 Å². The molecule has 1 unspecified atom stereocenters. The van der Waals surface area contributed by atoms with Crippen LogP contribution in [0.25, 0.3) is 0 Å². The van der Waals surface area contributed by atoms with Crippen molar-refractivity contribution in [1.29, 1.82) is 0 Å². The summed E-state index contributed by atoms with van der Waals surface area (Å²) in [6.07, 6.45) is 3.48. The summed E-state index contributed by atoms with van der Waals surface area (Å²) in [6.45, 7) is 12.5. The number of hydrogen-bond donors (Lipinski definition) is 1. The van der Waals surface area contributed by atoms with Crippen LogP contribution in [-0.2, 0) is 6.42 Å². The first-order chi connectivity index (χ1) is 8.55. The Morgan fingerprint density at radius 2 is 1.89 bits per heavy atom. The Kier molecular flexibility index (Phi) is 5.87. The highest BCUT2D eigenvalue weighted by molar-refractivity contribution is 5.27. The Hall–Kier alpha value is -0.820. The summed E-state index contributed by atoms with van der Waals surface area (Å²) in [5, 5.41) is 3.73. The number of hydrogen-bond acceptors (Lipinski definition) is 1. The van der Waals surface area contributed by atoms with Crippen LogP contribution in [0.3, 0.4) is 0 Å². The third-order valence-electron chi connectivity index (χ3n) is 3.98. The van der Waals surface area contributed by atoms with Crippen molar-refractivity contribution in [2.24, 2.45) is 5.41 Å². The van der Waals surface area contributed by atoms with Gasteiger partial charge in [0.15, 0.2) is 0 Å². The van der Waals surface area contributed by atoms with Crippen molar-refractivity contribution in [1.82, 2.24) is 5.32 Å². The average Bonchev–Trinajstić information content (AvgIpc) is 2.39. The molecule has 1 N–H and O–H groups in total. The Morgan fingerprint density at radius 3 is 2.44 bits per heavy atom. The predicted molar refractivity (Wildman–Crippen MR) is 80.9 cm³/mol. The summed E-state index contributed by atoms with van der Waals surface area (Å²) in [7, 11) is 0. The van der Waals surface area contributed by atoms with Crippen molar-refractivity contribution >= 4 is 0 Å². The molecule has 0 bridgehead atoms. The lowest BCUT2D eigenvalue weighted by Crippen LogP contribution is -2.34. The lowest BCUT2D eigenvalue weighted by molar-refractivity contribution is 0.234.